The van der Waals surface area contributed by atoms with Gasteiger partial charge in [-0.2, -0.15) is 0 Å². The Morgan fingerprint density at radius 3 is 2.80 bits per heavy atom. The molecule has 0 aromatic heterocycles. The van der Waals surface area contributed by atoms with Gasteiger partial charge in [0.1, 0.15) is 0 Å². The van der Waals surface area contributed by atoms with Crippen LogP contribution in [0.5, 0.6) is 0 Å². The molecule has 1 rings (SSSR count). The van der Waals surface area contributed by atoms with Gasteiger partial charge in [0.05, 0.1) is 5.56 Å². The number of thioether (sulfide) groups is 1. The third-order valence-electron chi connectivity index (χ3n) is 1.94. The van der Waals surface area contributed by atoms with Crippen LogP contribution < -0.4 is 0 Å². The van der Waals surface area contributed by atoms with E-state index in [1.807, 2.05) is 12.1 Å². The lowest BCUT2D eigenvalue weighted by Gasteiger charge is -2.03. The van der Waals surface area contributed by atoms with E-state index in [1.54, 1.807) is 17.8 Å². The SMILES string of the molecule is CCCCSc1ccc(C(=O)O)c(Br)c1. The summed E-state index contributed by atoms with van der Waals surface area (Å²) < 4.78 is 0.650. The van der Waals surface area contributed by atoms with Gasteiger partial charge in [0, 0.05) is 9.37 Å². The fourth-order valence-electron chi connectivity index (χ4n) is 1.09. The molecule has 0 aliphatic rings. The van der Waals surface area contributed by atoms with Crippen molar-refractivity contribution in [3.05, 3.63) is 28.2 Å². The van der Waals surface area contributed by atoms with Gasteiger partial charge in [0.15, 0.2) is 0 Å². The molecule has 0 radical (unpaired) electrons. The van der Waals surface area contributed by atoms with Gasteiger partial charge in [-0.25, -0.2) is 4.79 Å². The molecule has 0 bridgehead atoms. The van der Waals surface area contributed by atoms with E-state index in [-0.39, 0.29) is 0 Å². The van der Waals surface area contributed by atoms with Crippen LogP contribution in [-0.4, -0.2) is 16.8 Å². The first-order chi connectivity index (χ1) is 7.15. The molecule has 4 heteroatoms. The predicted octanol–water partition coefficient (Wildman–Crippen LogP) is 4.04. The number of rotatable bonds is 5. The normalized spacial score (nSPS) is 10.3. The van der Waals surface area contributed by atoms with E-state index in [4.69, 9.17) is 5.11 Å². The minimum atomic E-state index is -0.896. The molecular formula is C11H13BrO2S. The highest BCUT2D eigenvalue weighted by Crippen LogP contribution is 2.26. The van der Waals surface area contributed by atoms with Gasteiger partial charge in [0.2, 0.25) is 0 Å². The van der Waals surface area contributed by atoms with E-state index in [2.05, 4.69) is 22.9 Å². The van der Waals surface area contributed by atoms with Crippen LogP contribution in [0.2, 0.25) is 0 Å². The maximum absolute atomic E-state index is 10.8. The van der Waals surface area contributed by atoms with Crippen LogP contribution in [0, 0.1) is 0 Å². The lowest BCUT2D eigenvalue weighted by atomic mass is 10.2. The van der Waals surface area contributed by atoms with E-state index >= 15 is 0 Å². The Bertz CT molecular complexity index is 352. The minimum Gasteiger partial charge on any atom is -0.478 e. The lowest BCUT2D eigenvalue weighted by molar-refractivity contribution is 0.0696. The molecule has 0 spiro atoms. The molecule has 0 fully saturated rings. The van der Waals surface area contributed by atoms with Crippen molar-refractivity contribution >= 4 is 33.7 Å². The van der Waals surface area contributed by atoms with E-state index in [9.17, 15) is 4.79 Å². The van der Waals surface area contributed by atoms with Crippen molar-refractivity contribution in [3.8, 4) is 0 Å². The van der Waals surface area contributed by atoms with Crippen LogP contribution in [0.4, 0.5) is 0 Å². The smallest absolute Gasteiger partial charge is 0.336 e. The molecule has 0 aliphatic heterocycles. The van der Waals surface area contributed by atoms with Crippen LogP contribution in [0.15, 0.2) is 27.6 Å². The molecule has 15 heavy (non-hydrogen) atoms. The van der Waals surface area contributed by atoms with Crippen molar-refractivity contribution < 1.29 is 9.90 Å². The van der Waals surface area contributed by atoms with Crippen LogP contribution in [0.3, 0.4) is 0 Å². The van der Waals surface area contributed by atoms with Gasteiger partial charge in [-0.05, 0) is 46.3 Å². The van der Waals surface area contributed by atoms with Crippen LogP contribution in [0.1, 0.15) is 30.1 Å². The summed E-state index contributed by atoms with van der Waals surface area (Å²) in [6.45, 7) is 2.16. The Kier molecular flexibility index (Phi) is 5.19. The Morgan fingerprint density at radius 2 is 2.27 bits per heavy atom. The van der Waals surface area contributed by atoms with Crippen molar-refractivity contribution in [1.29, 1.82) is 0 Å². The number of halogens is 1. The highest BCUT2D eigenvalue weighted by molar-refractivity contribution is 9.10. The van der Waals surface area contributed by atoms with Gasteiger partial charge in [0.25, 0.3) is 0 Å². The summed E-state index contributed by atoms with van der Waals surface area (Å²) in [6.07, 6.45) is 2.37. The van der Waals surface area contributed by atoms with Crippen molar-refractivity contribution in [2.24, 2.45) is 0 Å². The van der Waals surface area contributed by atoms with Gasteiger partial charge in [-0.3, -0.25) is 0 Å². The van der Waals surface area contributed by atoms with E-state index < -0.39 is 5.97 Å². The number of benzene rings is 1. The zero-order valence-corrected chi connectivity index (χ0v) is 10.9. The molecule has 0 saturated carbocycles. The van der Waals surface area contributed by atoms with Gasteiger partial charge >= 0.3 is 5.97 Å². The van der Waals surface area contributed by atoms with Crippen molar-refractivity contribution in [1.82, 2.24) is 0 Å². The monoisotopic (exact) mass is 288 g/mol. The fraction of sp³-hybridized carbons (Fsp3) is 0.364. The second-order valence-corrected chi connectivity index (χ2v) is 5.17. The second kappa shape index (κ2) is 6.18. The number of aromatic carboxylic acids is 1. The minimum absolute atomic E-state index is 0.315. The maximum Gasteiger partial charge on any atom is 0.336 e. The molecule has 0 saturated heterocycles. The number of carboxylic acids is 1. The molecule has 1 aromatic rings. The Morgan fingerprint density at radius 1 is 1.53 bits per heavy atom. The van der Waals surface area contributed by atoms with E-state index in [0.29, 0.717) is 10.0 Å². The average Bonchev–Trinajstić information content (AvgIpc) is 2.17. The maximum atomic E-state index is 10.8. The van der Waals surface area contributed by atoms with Crippen molar-refractivity contribution in [2.75, 3.05) is 5.75 Å². The largest absolute Gasteiger partial charge is 0.478 e. The zero-order valence-electron chi connectivity index (χ0n) is 8.50. The molecule has 1 N–H and O–H groups in total. The Hall–Kier alpha value is -0.480. The number of carboxylic acid groups (broad SMARTS) is 1. The molecule has 1 aromatic carbocycles. The Labute approximate surface area is 102 Å². The predicted molar refractivity (Wildman–Crippen MR) is 66.7 cm³/mol. The molecule has 0 amide bonds. The molecule has 2 nitrogen and oxygen atoms in total. The molecule has 0 aliphatic carbocycles. The summed E-state index contributed by atoms with van der Waals surface area (Å²) >= 11 is 5.02. The van der Waals surface area contributed by atoms with Crippen LogP contribution in [-0.2, 0) is 0 Å². The van der Waals surface area contributed by atoms with E-state index in [1.165, 1.54) is 12.8 Å². The molecule has 0 atom stereocenters. The lowest BCUT2D eigenvalue weighted by Crippen LogP contribution is -1.97. The fourth-order valence-corrected chi connectivity index (χ4v) is 2.83. The van der Waals surface area contributed by atoms with Gasteiger partial charge < -0.3 is 5.11 Å². The van der Waals surface area contributed by atoms with Crippen LogP contribution in [0.25, 0.3) is 0 Å². The zero-order chi connectivity index (χ0) is 11.3. The summed E-state index contributed by atoms with van der Waals surface area (Å²) in [4.78, 5) is 11.9. The molecular weight excluding hydrogens is 276 g/mol. The van der Waals surface area contributed by atoms with Crippen molar-refractivity contribution in [2.45, 2.75) is 24.7 Å². The van der Waals surface area contributed by atoms with Crippen molar-refractivity contribution in [3.63, 3.8) is 0 Å². The number of unbranched alkanes of at least 4 members (excludes halogenated alkanes) is 1. The number of hydrogen-bond donors (Lipinski definition) is 1. The Balaban J connectivity index is 2.69. The molecule has 0 heterocycles. The summed E-state index contributed by atoms with van der Waals surface area (Å²) in [5.41, 5.74) is 0.315. The quantitative estimate of drug-likeness (QED) is 0.656. The molecule has 82 valence electrons. The third-order valence-corrected chi connectivity index (χ3v) is 3.67. The van der Waals surface area contributed by atoms with Gasteiger partial charge in [-0.15, -0.1) is 11.8 Å². The van der Waals surface area contributed by atoms with Crippen LogP contribution >= 0.6 is 27.7 Å². The summed E-state index contributed by atoms with van der Waals surface area (Å²) in [5, 5.41) is 8.83. The summed E-state index contributed by atoms with van der Waals surface area (Å²) in [6, 6.07) is 5.36. The first kappa shape index (κ1) is 12.6. The number of hydrogen-bond acceptors (Lipinski definition) is 2. The average molecular weight is 289 g/mol. The first-order valence-electron chi connectivity index (χ1n) is 4.80. The topological polar surface area (TPSA) is 37.3 Å². The second-order valence-electron chi connectivity index (χ2n) is 3.15. The number of carbonyl (C=O) groups is 1. The van der Waals surface area contributed by atoms with Gasteiger partial charge in [-0.1, -0.05) is 13.3 Å². The highest BCUT2D eigenvalue weighted by Gasteiger charge is 2.08. The third kappa shape index (κ3) is 3.87. The summed E-state index contributed by atoms with van der Waals surface area (Å²) in [7, 11) is 0. The highest BCUT2D eigenvalue weighted by atomic mass is 79.9. The standard InChI is InChI=1S/C11H13BrO2S/c1-2-3-6-15-8-4-5-9(11(13)14)10(12)7-8/h4-5,7H,2-3,6H2,1H3,(H,13,14). The summed E-state index contributed by atoms with van der Waals surface area (Å²) in [5.74, 6) is 0.182. The first-order valence-corrected chi connectivity index (χ1v) is 6.58. The molecule has 0 unspecified atom stereocenters. The van der Waals surface area contributed by atoms with E-state index in [0.717, 1.165) is 10.6 Å².